The predicted octanol–water partition coefficient (Wildman–Crippen LogP) is 4.19. The van der Waals surface area contributed by atoms with Crippen molar-refractivity contribution >= 4 is 33.0 Å². The lowest BCUT2D eigenvalue weighted by molar-refractivity contribution is -0.385. The summed E-state index contributed by atoms with van der Waals surface area (Å²) in [5.41, 5.74) is 2.70. The first kappa shape index (κ1) is 22.0. The number of carbonyl (C=O) groups excluding carboxylic acids is 1. The fourth-order valence-electron chi connectivity index (χ4n) is 3.10. The van der Waals surface area contributed by atoms with Gasteiger partial charge in [-0.25, -0.2) is 8.42 Å². The molecule has 8 nitrogen and oxygen atoms in total. The molecule has 9 heteroatoms. The van der Waals surface area contributed by atoms with Gasteiger partial charge in [-0.3, -0.25) is 19.6 Å². The molecule has 0 unspecified atom stereocenters. The first-order chi connectivity index (χ1) is 14.7. The lowest BCUT2D eigenvalue weighted by atomic mass is 10.1. The van der Waals surface area contributed by atoms with Crippen LogP contribution in [-0.2, 0) is 21.2 Å². The van der Waals surface area contributed by atoms with Crippen LogP contribution in [0.4, 0.5) is 17.1 Å². The second-order valence-electron chi connectivity index (χ2n) is 7.01. The fraction of sp³-hybridized carbons (Fsp3) is 0.136. The molecule has 0 saturated carbocycles. The molecule has 0 spiro atoms. The third kappa shape index (κ3) is 5.26. The molecule has 0 fully saturated rings. The van der Waals surface area contributed by atoms with Gasteiger partial charge in [0, 0.05) is 17.3 Å². The first-order valence-electron chi connectivity index (χ1n) is 9.38. The molecule has 0 bridgehead atoms. The molecule has 3 aromatic carbocycles. The number of amides is 1. The average molecular weight is 439 g/mol. The molecular formula is C22H21N3O5S. The van der Waals surface area contributed by atoms with Crippen LogP contribution in [0.5, 0.6) is 0 Å². The van der Waals surface area contributed by atoms with Gasteiger partial charge in [-0.2, -0.15) is 0 Å². The molecule has 0 aromatic heterocycles. The monoisotopic (exact) mass is 439 g/mol. The van der Waals surface area contributed by atoms with E-state index in [4.69, 9.17) is 0 Å². The molecule has 0 heterocycles. The van der Waals surface area contributed by atoms with Crippen LogP contribution in [0.25, 0.3) is 0 Å². The van der Waals surface area contributed by atoms with Crippen molar-refractivity contribution in [1.29, 1.82) is 0 Å². The number of nitrogens with zero attached hydrogens (tertiary/aromatic N) is 1. The summed E-state index contributed by atoms with van der Waals surface area (Å²) < 4.78 is 28.0. The molecule has 1 amide bonds. The number of benzene rings is 3. The molecule has 160 valence electrons. The van der Waals surface area contributed by atoms with Crippen LogP contribution >= 0.6 is 0 Å². The van der Waals surface area contributed by atoms with Gasteiger partial charge in [-0.15, -0.1) is 0 Å². The van der Waals surface area contributed by atoms with Crippen molar-refractivity contribution in [2.75, 3.05) is 10.0 Å². The molecule has 31 heavy (non-hydrogen) atoms. The quantitative estimate of drug-likeness (QED) is 0.423. The Morgan fingerprint density at radius 1 is 0.935 bits per heavy atom. The smallest absolute Gasteiger partial charge is 0.273 e. The van der Waals surface area contributed by atoms with E-state index in [1.165, 1.54) is 42.5 Å². The topological polar surface area (TPSA) is 118 Å². The maximum absolute atomic E-state index is 12.7. The minimum absolute atomic E-state index is 0.0480. The lowest BCUT2D eigenvalue weighted by Crippen LogP contribution is -2.16. The van der Waals surface area contributed by atoms with Crippen molar-refractivity contribution in [3.05, 3.63) is 93.5 Å². The van der Waals surface area contributed by atoms with Gasteiger partial charge >= 0.3 is 0 Å². The molecule has 0 radical (unpaired) electrons. The molecule has 0 atom stereocenters. The average Bonchev–Trinajstić information content (AvgIpc) is 2.71. The van der Waals surface area contributed by atoms with Crippen molar-refractivity contribution in [2.45, 2.75) is 25.2 Å². The molecule has 0 aliphatic carbocycles. The number of aryl methyl sites for hydroxylation is 2. The SMILES string of the molecule is Cc1cccc(C)c1NS(=O)(=O)c1ccc(NC(=O)Cc2ccccc2[N+](=O)[O-])cc1. The zero-order valence-corrected chi connectivity index (χ0v) is 17.8. The molecule has 0 aliphatic heterocycles. The number of carbonyl (C=O) groups is 1. The largest absolute Gasteiger partial charge is 0.326 e. The van der Waals surface area contributed by atoms with Gasteiger partial charge in [0.05, 0.1) is 21.9 Å². The third-order valence-electron chi connectivity index (χ3n) is 4.71. The summed E-state index contributed by atoms with van der Waals surface area (Å²) >= 11 is 0. The van der Waals surface area contributed by atoms with E-state index in [1.807, 2.05) is 32.0 Å². The number of rotatable bonds is 7. The lowest BCUT2D eigenvalue weighted by Gasteiger charge is -2.13. The predicted molar refractivity (Wildman–Crippen MR) is 119 cm³/mol. The highest BCUT2D eigenvalue weighted by Gasteiger charge is 2.18. The van der Waals surface area contributed by atoms with E-state index < -0.39 is 20.9 Å². The summed E-state index contributed by atoms with van der Waals surface area (Å²) in [5, 5.41) is 13.7. The number of hydrogen-bond donors (Lipinski definition) is 2. The second-order valence-corrected chi connectivity index (χ2v) is 8.69. The van der Waals surface area contributed by atoms with Gasteiger partial charge in [0.1, 0.15) is 0 Å². The summed E-state index contributed by atoms with van der Waals surface area (Å²) in [5.74, 6) is -0.446. The highest BCUT2D eigenvalue weighted by atomic mass is 32.2. The Balaban J connectivity index is 1.71. The van der Waals surface area contributed by atoms with Crippen LogP contribution in [0.3, 0.4) is 0 Å². The molecule has 0 aliphatic rings. The van der Waals surface area contributed by atoms with E-state index in [-0.39, 0.29) is 17.0 Å². The summed E-state index contributed by atoms with van der Waals surface area (Å²) in [4.78, 5) is 22.9. The highest BCUT2D eigenvalue weighted by molar-refractivity contribution is 7.92. The van der Waals surface area contributed by atoms with Gasteiger partial charge in [0.25, 0.3) is 15.7 Å². The highest BCUT2D eigenvalue weighted by Crippen LogP contribution is 2.24. The number of anilines is 2. The number of hydrogen-bond acceptors (Lipinski definition) is 5. The Hall–Kier alpha value is -3.72. The van der Waals surface area contributed by atoms with Crippen LogP contribution in [0.2, 0.25) is 0 Å². The number of para-hydroxylation sites is 2. The van der Waals surface area contributed by atoms with Crippen molar-refractivity contribution in [1.82, 2.24) is 0 Å². The van der Waals surface area contributed by atoms with E-state index in [0.717, 1.165) is 11.1 Å². The van der Waals surface area contributed by atoms with Crippen molar-refractivity contribution in [2.24, 2.45) is 0 Å². The Kier molecular flexibility index (Phi) is 6.36. The minimum Gasteiger partial charge on any atom is -0.326 e. The normalized spacial score (nSPS) is 11.0. The van der Waals surface area contributed by atoms with E-state index in [0.29, 0.717) is 16.9 Å². The first-order valence-corrected chi connectivity index (χ1v) is 10.9. The van der Waals surface area contributed by atoms with Crippen LogP contribution in [0.1, 0.15) is 16.7 Å². The maximum atomic E-state index is 12.7. The van der Waals surface area contributed by atoms with E-state index in [9.17, 15) is 23.3 Å². The van der Waals surface area contributed by atoms with Crippen molar-refractivity contribution in [3.8, 4) is 0 Å². The number of nitrogens with one attached hydrogen (secondary N) is 2. The van der Waals surface area contributed by atoms with E-state index in [1.54, 1.807) is 6.07 Å². The van der Waals surface area contributed by atoms with E-state index in [2.05, 4.69) is 10.0 Å². The van der Waals surface area contributed by atoms with Gasteiger partial charge in [0.15, 0.2) is 0 Å². The molecule has 2 N–H and O–H groups in total. The molecule has 0 saturated heterocycles. The van der Waals surface area contributed by atoms with Gasteiger partial charge in [0.2, 0.25) is 5.91 Å². The van der Waals surface area contributed by atoms with E-state index >= 15 is 0 Å². The second kappa shape index (κ2) is 8.97. The van der Waals surface area contributed by atoms with Gasteiger partial charge < -0.3 is 5.32 Å². The Bertz CT molecular complexity index is 1220. The molecule has 3 aromatic rings. The fourth-order valence-corrected chi connectivity index (χ4v) is 4.31. The number of nitro groups is 1. The minimum atomic E-state index is -3.80. The van der Waals surface area contributed by atoms with Crippen LogP contribution in [0, 0.1) is 24.0 Å². The van der Waals surface area contributed by atoms with Crippen LogP contribution in [0.15, 0.2) is 71.6 Å². The number of nitro benzene ring substituents is 1. The zero-order valence-electron chi connectivity index (χ0n) is 17.0. The third-order valence-corrected chi connectivity index (χ3v) is 6.07. The van der Waals surface area contributed by atoms with Gasteiger partial charge in [-0.1, -0.05) is 36.4 Å². The summed E-state index contributed by atoms with van der Waals surface area (Å²) in [6.45, 7) is 3.64. The standard InChI is InChI=1S/C22H21N3O5S/c1-15-6-5-7-16(2)22(15)24-31(29,30)19-12-10-18(11-13-19)23-21(26)14-17-8-3-4-9-20(17)25(27)28/h3-13,24H,14H2,1-2H3,(H,23,26). The number of sulfonamides is 1. The zero-order chi connectivity index (χ0) is 22.6. The Labute approximate surface area is 180 Å². The molecule has 3 rings (SSSR count). The maximum Gasteiger partial charge on any atom is 0.273 e. The van der Waals surface area contributed by atoms with Gasteiger partial charge in [-0.05, 0) is 49.2 Å². The summed E-state index contributed by atoms with van der Waals surface area (Å²) in [6, 6.07) is 17.2. The molecular weight excluding hydrogens is 418 g/mol. The summed E-state index contributed by atoms with van der Waals surface area (Å²) in [6.07, 6.45) is -0.175. The Morgan fingerprint density at radius 3 is 2.16 bits per heavy atom. The van der Waals surface area contributed by atoms with Crippen molar-refractivity contribution < 1.29 is 18.1 Å². The van der Waals surface area contributed by atoms with Crippen LogP contribution in [-0.4, -0.2) is 19.2 Å². The summed E-state index contributed by atoms with van der Waals surface area (Å²) in [7, 11) is -3.80. The van der Waals surface area contributed by atoms with Crippen LogP contribution < -0.4 is 10.0 Å². The van der Waals surface area contributed by atoms with Crippen molar-refractivity contribution in [3.63, 3.8) is 0 Å². The Morgan fingerprint density at radius 2 is 1.55 bits per heavy atom.